The molecule has 114 valence electrons. The van der Waals surface area contributed by atoms with Gasteiger partial charge in [0.25, 0.3) is 0 Å². The maximum atomic E-state index is 12.0. The minimum atomic E-state index is -3.43. The van der Waals surface area contributed by atoms with Gasteiger partial charge in [0.1, 0.15) is 0 Å². The molecule has 1 aromatic carbocycles. The maximum Gasteiger partial charge on any atom is 0.240 e. The van der Waals surface area contributed by atoms with Gasteiger partial charge in [-0.3, -0.25) is 0 Å². The zero-order chi connectivity index (χ0) is 15.4. The molecule has 0 bridgehead atoms. The summed E-state index contributed by atoms with van der Waals surface area (Å²) in [7, 11) is -5.24. The second kappa shape index (κ2) is 6.38. The van der Waals surface area contributed by atoms with Crippen LogP contribution in [0.1, 0.15) is 20.8 Å². The summed E-state index contributed by atoms with van der Waals surface area (Å²) >= 11 is 0. The lowest BCUT2D eigenvalue weighted by Crippen LogP contribution is -2.42. The van der Waals surface area contributed by atoms with Crippen molar-refractivity contribution in [2.24, 2.45) is 0 Å². The lowest BCUT2D eigenvalue weighted by atomic mass is 10.2. The van der Waals surface area contributed by atoms with E-state index in [9.17, 15) is 8.42 Å². The number of rotatable bonds is 6. The van der Waals surface area contributed by atoms with Gasteiger partial charge in [0.05, 0.1) is 4.90 Å². The molecule has 0 aliphatic rings. The number of hydrogen-bond acceptors (Lipinski definition) is 3. The summed E-state index contributed by atoms with van der Waals surface area (Å²) in [5, 5.41) is 0.130. The fraction of sp³-hybridized carbons (Fsp3) is 0.571. The van der Waals surface area contributed by atoms with Crippen LogP contribution in [-0.2, 0) is 14.4 Å². The first-order valence-electron chi connectivity index (χ1n) is 6.75. The molecule has 0 spiro atoms. The van der Waals surface area contributed by atoms with Crippen LogP contribution < -0.4 is 4.72 Å². The second-order valence-electron chi connectivity index (χ2n) is 6.32. The molecule has 4 nitrogen and oxygen atoms in total. The molecule has 0 atom stereocenters. The van der Waals surface area contributed by atoms with Crippen LogP contribution in [0, 0.1) is 0 Å². The summed E-state index contributed by atoms with van der Waals surface area (Å²) in [5.74, 6) is 0. The van der Waals surface area contributed by atoms with Crippen LogP contribution in [0.2, 0.25) is 18.1 Å². The Labute approximate surface area is 123 Å². The summed E-state index contributed by atoms with van der Waals surface area (Å²) in [5.41, 5.74) is 0. The molecule has 0 aromatic heterocycles. The molecule has 1 aromatic rings. The van der Waals surface area contributed by atoms with Crippen LogP contribution in [0.5, 0.6) is 0 Å². The van der Waals surface area contributed by atoms with Gasteiger partial charge in [-0.05, 0) is 30.3 Å². The predicted octanol–water partition coefficient (Wildman–Crippen LogP) is 2.99. The van der Waals surface area contributed by atoms with Crippen molar-refractivity contribution in [2.45, 2.75) is 43.8 Å². The zero-order valence-electron chi connectivity index (χ0n) is 12.9. The van der Waals surface area contributed by atoms with E-state index in [1.807, 2.05) is 0 Å². The van der Waals surface area contributed by atoms with Crippen LogP contribution in [-0.4, -0.2) is 29.9 Å². The molecule has 6 heteroatoms. The van der Waals surface area contributed by atoms with Gasteiger partial charge in [0.15, 0.2) is 8.32 Å². The second-order valence-corrected chi connectivity index (χ2v) is 12.9. The fourth-order valence-electron chi connectivity index (χ4n) is 1.38. The minimum Gasteiger partial charge on any atom is -0.415 e. The van der Waals surface area contributed by atoms with Crippen LogP contribution in [0.3, 0.4) is 0 Å². The summed E-state index contributed by atoms with van der Waals surface area (Å²) in [4.78, 5) is 0.285. The van der Waals surface area contributed by atoms with Crippen molar-refractivity contribution in [3.8, 4) is 0 Å². The lowest BCUT2D eigenvalue weighted by molar-refractivity contribution is 0.293. The van der Waals surface area contributed by atoms with Crippen molar-refractivity contribution in [2.75, 3.05) is 13.2 Å². The maximum absolute atomic E-state index is 12.0. The van der Waals surface area contributed by atoms with E-state index < -0.39 is 18.3 Å². The normalized spacial score (nSPS) is 13.4. The van der Waals surface area contributed by atoms with E-state index in [-0.39, 0.29) is 9.93 Å². The van der Waals surface area contributed by atoms with Gasteiger partial charge in [-0.15, -0.1) is 0 Å². The Bertz CT molecular complexity index is 521. The van der Waals surface area contributed by atoms with Crippen molar-refractivity contribution in [1.29, 1.82) is 0 Å². The third kappa shape index (κ3) is 4.70. The van der Waals surface area contributed by atoms with Gasteiger partial charge in [-0.25, -0.2) is 13.1 Å². The molecule has 0 radical (unpaired) electrons. The molecule has 0 heterocycles. The van der Waals surface area contributed by atoms with Crippen molar-refractivity contribution in [3.05, 3.63) is 30.3 Å². The third-order valence-corrected chi connectivity index (χ3v) is 9.73. The van der Waals surface area contributed by atoms with E-state index in [1.165, 1.54) is 0 Å². The van der Waals surface area contributed by atoms with Crippen molar-refractivity contribution < 1.29 is 12.8 Å². The standard InChI is InChI=1S/C14H25NO3SSi/c1-14(2,3)20(4,5)18-12-11-15-19(16,17)13-9-7-6-8-10-13/h6-10,15H,11-12H2,1-5H3. The van der Waals surface area contributed by atoms with E-state index in [4.69, 9.17) is 4.43 Å². The third-order valence-electron chi connectivity index (χ3n) is 3.72. The van der Waals surface area contributed by atoms with Crippen LogP contribution in [0.25, 0.3) is 0 Å². The van der Waals surface area contributed by atoms with E-state index in [2.05, 4.69) is 38.6 Å². The van der Waals surface area contributed by atoms with Crippen molar-refractivity contribution >= 4 is 18.3 Å². The fourth-order valence-corrected chi connectivity index (χ4v) is 3.46. The summed E-state index contributed by atoms with van der Waals surface area (Å²) in [6.45, 7) is 11.5. The Kier molecular flexibility index (Phi) is 5.54. The summed E-state index contributed by atoms with van der Waals surface area (Å²) < 4.78 is 32.5. The molecule has 0 amide bonds. The molecule has 1 N–H and O–H groups in total. The SMILES string of the molecule is CC(C)(C)[Si](C)(C)OCCNS(=O)(=O)c1ccccc1. The summed E-state index contributed by atoms with van der Waals surface area (Å²) in [6.07, 6.45) is 0. The average molecular weight is 316 g/mol. The molecule has 1 rings (SSSR count). The van der Waals surface area contributed by atoms with Gasteiger partial charge >= 0.3 is 0 Å². The Balaban J connectivity index is 2.50. The largest absolute Gasteiger partial charge is 0.415 e. The Morgan fingerprint density at radius 3 is 2.20 bits per heavy atom. The van der Waals surface area contributed by atoms with Gasteiger partial charge in [0.2, 0.25) is 10.0 Å². The monoisotopic (exact) mass is 315 g/mol. The van der Waals surface area contributed by atoms with Crippen LogP contribution in [0.4, 0.5) is 0 Å². The van der Waals surface area contributed by atoms with Crippen LogP contribution >= 0.6 is 0 Å². The van der Waals surface area contributed by atoms with E-state index in [1.54, 1.807) is 30.3 Å². The topological polar surface area (TPSA) is 55.4 Å². The first-order chi connectivity index (χ1) is 9.06. The molecule has 0 saturated heterocycles. The average Bonchev–Trinajstić information content (AvgIpc) is 2.34. The minimum absolute atomic E-state index is 0.130. The van der Waals surface area contributed by atoms with Gasteiger partial charge in [-0.2, -0.15) is 0 Å². The molecule has 0 unspecified atom stereocenters. The summed E-state index contributed by atoms with van der Waals surface area (Å²) in [6, 6.07) is 8.37. The highest BCUT2D eigenvalue weighted by Crippen LogP contribution is 2.36. The predicted molar refractivity (Wildman–Crippen MR) is 84.8 cm³/mol. The smallest absolute Gasteiger partial charge is 0.240 e. The Morgan fingerprint density at radius 2 is 1.70 bits per heavy atom. The highest BCUT2D eigenvalue weighted by atomic mass is 32.2. The highest BCUT2D eigenvalue weighted by molar-refractivity contribution is 7.89. The quantitative estimate of drug-likeness (QED) is 0.648. The number of benzene rings is 1. The molecular formula is C14H25NO3SSi. The molecule has 0 aliphatic carbocycles. The lowest BCUT2D eigenvalue weighted by Gasteiger charge is -2.36. The highest BCUT2D eigenvalue weighted by Gasteiger charge is 2.36. The molecule has 0 fully saturated rings. The van der Waals surface area contributed by atoms with Gasteiger partial charge < -0.3 is 4.43 Å². The molecule has 20 heavy (non-hydrogen) atoms. The molecule has 0 saturated carbocycles. The van der Waals surface area contributed by atoms with Crippen molar-refractivity contribution in [3.63, 3.8) is 0 Å². The molecular weight excluding hydrogens is 290 g/mol. The first-order valence-corrected chi connectivity index (χ1v) is 11.1. The number of nitrogens with one attached hydrogen (secondary N) is 1. The Morgan fingerprint density at radius 1 is 1.15 bits per heavy atom. The zero-order valence-corrected chi connectivity index (χ0v) is 14.8. The van der Waals surface area contributed by atoms with E-state index in [0.29, 0.717) is 13.2 Å². The van der Waals surface area contributed by atoms with Crippen LogP contribution in [0.15, 0.2) is 35.2 Å². The Hall–Kier alpha value is -0.693. The van der Waals surface area contributed by atoms with Gasteiger partial charge in [0, 0.05) is 13.2 Å². The van der Waals surface area contributed by atoms with E-state index in [0.717, 1.165) is 0 Å². The first kappa shape index (κ1) is 17.4. The van der Waals surface area contributed by atoms with Gasteiger partial charge in [-0.1, -0.05) is 39.0 Å². The van der Waals surface area contributed by atoms with Crippen molar-refractivity contribution in [1.82, 2.24) is 4.72 Å². The number of sulfonamides is 1. The molecule has 0 aliphatic heterocycles. The van der Waals surface area contributed by atoms with E-state index >= 15 is 0 Å². The number of hydrogen-bond donors (Lipinski definition) is 1.